The van der Waals surface area contributed by atoms with Crippen LogP contribution in [0.15, 0.2) is 61.2 Å². The number of rotatable bonds is 6. The highest BCUT2D eigenvalue weighted by molar-refractivity contribution is 5.90. The fourth-order valence-electron chi connectivity index (χ4n) is 2.18. The molecule has 1 heterocycles. The van der Waals surface area contributed by atoms with E-state index in [1.807, 2.05) is 50.4 Å². The summed E-state index contributed by atoms with van der Waals surface area (Å²) in [4.78, 5) is 15.3. The first-order chi connectivity index (χ1) is 13.1. The van der Waals surface area contributed by atoms with Crippen molar-refractivity contribution in [1.29, 1.82) is 0 Å². The summed E-state index contributed by atoms with van der Waals surface area (Å²) >= 11 is 0. The van der Waals surface area contributed by atoms with Gasteiger partial charge in [0.2, 0.25) is 0 Å². The van der Waals surface area contributed by atoms with E-state index in [2.05, 4.69) is 15.4 Å². The Balaban J connectivity index is 0.000000369. The molecule has 7 heteroatoms. The number of hydrogen-bond acceptors (Lipinski definition) is 6. The highest BCUT2D eigenvalue weighted by Gasteiger charge is 2.07. The third-order valence-corrected chi connectivity index (χ3v) is 3.40. The number of nitrogens with one attached hydrogen (secondary N) is 1. The van der Waals surface area contributed by atoms with Gasteiger partial charge in [0.1, 0.15) is 18.4 Å². The largest absolute Gasteiger partial charge is 0.492 e. The maximum Gasteiger partial charge on any atom is 0.338 e. The van der Waals surface area contributed by atoms with E-state index in [0.29, 0.717) is 18.8 Å². The Morgan fingerprint density at radius 2 is 1.81 bits per heavy atom. The molecule has 1 aromatic heterocycles. The van der Waals surface area contributed by atoms with Gasteiger partial charge in [-0.25, -0.2) is 9.78 Å². The molecule has 0 amide bonds. The Kier molecular flexibility index (Phi) is 7.84. The van der Waals surface area contributed by atoms with E-state index >= 15 is 0 Å². The number of hydrogen-bond donors (Lipinski definition) is 1. The zero-order valence-electron chi connectivity index (χ0n) is 15.8. The predicted octanol–water partition coefficient (Wildman–Crippen LogP) is 3.82. The molecule has 0 unspecified atom stereocenters. The molecule has 3 rings (SSSR count). The standard InChI is InChI=1S/C17H19NO3.C3H5N3/c1-3-20-16-8-6-5-7-15(16)18-14-11-9-13(10-12-14)17(19)21-4-2;1-6-3-4-2-5-6/h5-12,18H,3-4H2,1-2H3;2-3H,1H3. The Morgan fingerprint density at radius 3 is 2.37 bits per heavy atom. The molecule has 0 saturated carbocycles. The molecule has 0 atom stereocenters. The van der Waals surface area contributed by atoms with E-state index in [1.165, 1.54) is 6.33 Å². The molecule has 3 aromatic rings. The van der Waals surface area contributed by atoms with Gasteiger partial charge in [-0.15, -0.1) is 0 Å². The van der Waals surface area contributed by atoms with Crippen molar-refractivity contribution in [2.24, 2.45) is 7.05 Å². The minimum absolute atomic E-state index is 0.307. The lowest BCUT2D eigenvalue weighted by Crippen LogP contribution is -2.04. The van der Waals surface area contributed by atoms with Gasteiger partial charge >= 0.3 is 5.97 Å². The van der Waals surface area contributed by atoms with E-state index in [-0.39, 0.29) is 5.97 Å². The Hall–Kier alpha value is -3.35. The summed E-state index contributed by atoms with van der Waals surface area (Å²) in [7, 11) is 1.83. The monoisotopic (exact) mass is 368 g/mol. The third kappa shape index (κ3) is 6.47. The first-order valence-corrected chi connectivity index (χ1v) is 8.68. The fourth-order valence-corrected chi connectivity index (χ4v) is 2.18. The molecule has 0 spiro atoms. The van der Waals surface area contributed by atoms with Crippen LogP contribution < -0.4 is 10.1 Å². The third-order valence-electron chi connectivity index (χ3n) is 3.40. The average Bonchev–Trinajstić information content (AvgIpc) is 3.16. The number of para-hydroxylation sites is 2. The molecule has 1 N–H and O–H groups in total. The summed E-state index contributed by atoms with van der Waals surface area (Å²) in [5.41, 5.74) is 2.32. The SMILES string of the molecule is CCOC(=O)c1ccc(Nc2ccccc2OCC)cc1.Cn1cncn1. The van der Waals surface area contributed by atoms with Gasteiger partial charge in [-0.1, -0.05) is 12.1 Å². The summed E-state index contributed by atoms with van der Waals surface area (Å²) in [5, 5.41) is 7.00. The molecule has 142 valence electrons. The van der Waals surface area contributed by atoms with Crippen LogP contribution in [0.4, 0.5) is 11.4 Å². The van der Waals surface area contributed by atoms with E-state index < -0.39 is 0 Å². The smallest absolute Gasteiger partial charge is 0.338 e. The second-order valence-electron chi connectivity index (χ2n) is 5.42. The molecule has 7 nitrogen and oxygen atoms in total. The molecule has 0 bridgehead atoms. The van der Waals surface area contributed by atoms with E-state index in [0.717, 1.165) is 17.1 Å². The van der Waals surface area contributed by atoms with E-state index in [1.54, 1.807) is 30.1 Å². The molecular weight excluding hydrogens is 344 g/mol. The molecule has 0 radical (unpaired) electrons. The van der Waals surface area contributed by atoms with Gasteiger partial charge in [0, 0.05) is 12.7 Å². The van der Waals surface area contributed by atoms with E-state index in [4.69, 9.17) is 9.47 Å². The average molecular weight is 368 g/mol. The summed E-state index contributed by atoms with van der Waals surface area (Å²) in [6.45, 7) is 4.73. The lowest BCUT2D eigenvalue weighted by molar-refractivity contribution is 0.0526. The van der Waals surface area contributed by atoms with Gasteiger partial charge in [-0.05, 0) is 50.2 Å². The van der Waals surface area contributed by atoms with Crippen molar-refractivity contribution >= 4 is 17.3 Å². The van der Waals surface area contributed by atoms with Crippen LogP contribution in [-0.2, 0) is 11.8 Å². The van der Waals surface area contributed by atoms with Crippen molar-refractivity contribution in [2.45, 2.75) is 13.8 Å². The molecule has 0 aliphatic carbocycles. The Bertz CT molecular complexity index is 818. The van der Waals surface area contributed by atoms with Gasteiger partial charge in [-0.3, -0.25) is 4.68 Å². The normalized spacial score (nSPS) is 9.74. The first kappa shape index (κ1) is 20.0. The molecular formula is C20H24N4O3. The topological polar surface area (TPSA) is 78.3 Å². The molecule has 27 heavy (non-hydrogen) atoms. The highest BCUT2D eigenvalue weighted by Crippen LogP contribution is 2.27. The van der Waals surface area contributed by atoms with Gasteiger partial charge in [0.25, 0.3) is 0 Å². The number of ether oxygens (including phenoxy) is 2. The Labute approximate surface area is 159 Å². The van der Waals surface area contributed by atoms with Gasteiger partial charge in [0.05, 0.1) is 24.5 Å². The summed E-state index contributed by atoms with van der Waals surface area (Å²) in [5.74, 6) is 0.494. The molecule has 0 aliphatic rings. The minimum Gasteiger partial charge on any atom is -0.492 e. The second kappa shape index (κ2) is 10.6. The number of benzene rings is 2. The summed E-state index contributed by atoms with van der Waals surface area (Å²) in [6.07, 6.45) is 3.14. The maximum atomic E-state index is 11.6. The number of esters is 1. The van der Waals surface area contributed by atoms with E-state index in [9.17, 15) is 4.79 Å². The molecule has 0 fully saturated rings. The van der Waals surface area contributed by atoms with Crippen LogP contribution in [-0.4, -0.2) is 33.9 Å². The number of carbonyl (C=O) groups is 1. The number of anilines is 2. The maximum absolute atomic E-state index is 11.6. The van der Waals surface area contributed by atoms with Gasteiger partial charge in [0.15, 0.2) is 0 Å². The van der Waals surface area contributed by atoms with Crippen LogP contribution in [0, 0.1) is 0 Å². The number of nitrogens with zero attached hydrogens (tertiary/aromatic N) is 3. The van der Waals surface area contributed by atoms with Crippen LogP contribution >= 0.6 is 0 Å². The van der Waals surface area contributed by atoms with Gasteiger partial charge in [-0.2, -0.15) is 5.10 Å². The number of aryl methyl sites for hydroxylation is 1. The van der Waals surface area contributed by atoms with Crippen LogP contribution in [0.2, 0.25) is 0 Å². The van der Waals surface area contributed by atoms with Crippen molar-refractivity contribution < 1.29 is 14.3 Å². The van der Waals surface area contributed by atoms with Crippen LogP contribution in [0.5, 0.6) is 5.75 Å². The lowest BCUT2D eigenvalue weighted by Gasteiger charge is -2.12. The van der Waals surface area contributed by atoms with Crippen LogP contribution in [0.25, 0.3) is 0 Å². The molecule has 0 saturated heterocycles. The number of carbonyl (C=O) groups excluding carboxylic acids is 1. The van der Waals surface area contributed by atoms with Crippen molar-refractivity contribution in [3.63, 3.8) is 0 Å². The zero-order valence-corrected chi connectivity index (χ0v) is 15.8. The summed E-state index contributed by atoms with van der Waals surface area (Å²) in [6, 6.07) is 14.9. The van der Waals surface area contributed by atoms with Crippen molar-refractivity contribution in [3.8, 4) is 5.75 Å². The van der Waals surface area contributed by atoms with Crippen LogP contribution in [0.3, 0.4) is 0 Å². The second-order valence-corrected chi connectivity index (χ2v) is 5.42. The highest BCUT2D eigenvalue weighted by atomic mass is 16.5. The van der Waals surface area contributed by atoms with Crippen molar-refractivity contribution in [2.75, 3.05) is 18.5 Å². The quantitative estimate of drug-likeness (QED) is 0.667. The fraction of sp³-hybridized carbons (Fsp3) is 0.250. The molecule has 0 aliphatic heterocycles. The molecule has 2 aromatic carbocycles. The lowest BCUT2D eigenvalue weighted by atomic mass is 10.2. The van der Waals surface area contributed by atoms with Crippen LogP contribution in [0.1, 0.15) is 24.2 Å². The summed E-state index contributed by atoms with van der Waals surface area (Å²) < 4.78 is 12.2. The van der Waals surface area contributed by atoms with Crippen molar-refractivity contribution in [1.82, 2.24) is 14.8 Å². The Morgan fingerprint density at radius 1 is 1.07 bits per heavy atom. The minimum atomic E-state index is -0.307. The predicted molar refractivity (Wildman–Crippen MR) is 104 cm³/mol. The zero-order chi connectivity index (χ0) is 19.5. The van der Waals surface area contributed by atoms with Crippen molar-refractivity contribution in [3.05, 3.63) is 66.7 Å². The number of aromatic nitrogens is 3. The van der Waals surface area contributed by atoms with Gasteiger partial charge < -0.3 is 14.8 Å². The first-order valence-electron chi connectivity index (χ1n) is 8.68.